The van der Waals surface area contributed by atoms with Gasteiger partial charge in [-0.25, -0.2) is 4.98 Å². The number of hydrogen-bond acceptors (Lipinski definition) is 5. The van der Waals surface area contributed by atoms with Gasteiger partial charge < -0.3 is 15.2 Å². The van der Waals surface area contributed by atoms with Crippen LogP contribution in [0.25, 0.3) is 0 Å². The van der Waals surface area contributed by atoms with Gasteiger partial charge in [0.2, 0.25) is 0 Å². The van der Waals surface area contributed by atoms with Crippen molar-refractivity contribution in [1.29, 1.82) is 0 Å². The van der Waals surface area contributed by atoms with E-state index in [0.29, 0.717) is 11.7 Å². The molecule has 2 N–H and O–H groups in total. The lowest BCUT2D eigenvalue weighted by atomic mass is 9.99. The Balaban J connectivity index is 1.22. The molecule has 0 saturated carbocycles. The fraction of sp³-hybridized carbons (Fsp3) is 0.538. The number of aryl methyl sites for hydroxylation is 2. The first kappa shape index (κ1) is 22.6. The number of nitrogens with zero attached hydrogens (tertiary/aromatic N) is 2. The Kier molecular flexibility index (Phi) is 7.63. The van der Waals surface area contributed by atoms with Crippen LogP contribution >= 0.6 is 0 Å². The van der Waals surface area contributed by atoms with E-state index in [-0.39, 0.29) is 0 Å². The molecule has 2 aliphatic rings. The molecule has 6 nitrogen and oxygen atoms in total. The first-order valence-electron chi connectivity index (χ1n) is 12.0. The van der Waals surface area contributed by atoms with Crippen molar-refractivity contribution in [3.8, 4) is 5.75 Å². The summed E-state index contributed by atoms with van der Waals surface area (Å²) in [5.74, 6) is 1.50. The molecule has 1 aromatic heterocycles. The van der Waals surface area contributed by atoms with Crippen LogP contribution in [0.2, 0.25) is 0 Å². The van der Waals surface area contributed by atoms with Crippen molar-refractivity contribution in [2.24, 2.45) is 5.92 Å². The highest BCUT2D eigenvalue weighted by Gasteiger charge is 2.34. The van der Waals surface area contributed by atoms with Crippen LogP contribution in [0.5, 0.6) is 5.75 Å². The molecule has 0 amide bonds. The summed E-state index contributed by atoms with van der Waals surface area (Å²) >= 11 is 0. The molecule has 0 spiro atoms. The molecule has 4 rings (SSSR count). The van der Waals surface area contributed by atoms with Crippen molar-refractivity contribution in [1.82, 2.24) is 9.88 Å². The molecular weight excluding hydrogens is 402 g/mol. The van der Waals surface area contributed by atoms with E-state index in [2.05, 4.69) is 22.3 Å². The number of fused-ring (bicyclic) bond motifs is 1. The minimum Gasteiger partial charge on any atom is -0.496 e. The zero-order valence-corrected chi connectivity index (χ0v) is 19.1. The second kappa shape index (κ2) is 10.8. The summed E-state index contributed by atoms with van der Waals surface area (Å²) in [5, 5.41) is 13.3. The van der Waals surface area contributed by atoms with Gasteiger partial charge in [0.15, 0.2) is 0 Å². The van der Waals surface area contributed by atoms with E-state index < -0.39 is 12.0 Å². The maximum Gasteiger partial charge on any atom is 0.325 e. The molecule has 172 valence electrons. The maximum absolute atomic E-state index is 12.1. The first-order chi connectivity index (χ1) is 15.7. The quantitative estimate of drug-likeness (QED) is 0.525. The smallest absolute Gasteiger partial charge is 0.325 e. The lowest BCUT2D eigenvalue weighted by molar-refractivity contribution is -0.143. The number of pyridine rings is 1. The average Bonchev–Trinajstić information content (AvgIpc) is 3.27. The number of carbonyl (C=O) groups is 1. The lowest BCUT2D eigenvalue weighted by Gasteiger charge is -2.26. The van der Waals surface area contributed by atoms with Crippen LogP contribution < -0.4 is 10.1 Å². The summed E-state index contributed by atoms with van der Waals surface area (Å²) in [4.78, 5) is 19.0. The van der Waals surface area contributed by atoms with Crippen molar-refractivity contribution >= 4 is 11.8 Å². The lowest BCUT2D eigenvalue weighted by Crippen LogP contribution is -2.32. The van der Waals surface area contributed by atoms with Gasteiger partial charge in [-0.2, -0.15) is 0 Å². The number of carboxylic acid groups (broad SMARTS) is 1. The number of para-hydroxylation sites is 1. The van der Waals surface area contributed by atoms with Crippen molar-refractivity contribution in [3.63, 3.8) is 0 Å². The SMILES string of the molecule is COc1ccccc1C(C(=O)O)N1CC[C@@H](CCCCCc2ccc3c(n2)NCCC3)C1. The molecular formula is C26H35N3O3. The second-order valence-corrected chi connectivity index (χ2v) is 9.07. The number of ether oxygens (including phenoxy) is 1. The number of methoxy groups -OCH3 is 1. The van der Waals surface area contributed by atoms with Crippen LogP contribution in [0.3, 0.4) is 0 Å². The Morgan fingerprint density at radius 1 is 1.25 bits per heavy atom. The topological polar surface area (TPSA) is 74.7 Å². The number of aliphatic carboxylic acids is 1. The van der Waals surface area contributed by atoms with E-state index in [1.165, 1.54) is 30.5 Å². The molecule has 3 heterocycles. The summed E-state index contributed by atoms with van der Waals surface area (Å²) < 4.78 is 5.42. The van der Waals surface area contributed by atoms with Gasteiger partial charge in [-0.05, 0) is 68.7 Å². The van der Waals surface area contributed by atoms with Crippen LogP contribution in [0.15, 0.2) is 36.4 Å². The first-order valence-corrected chi connectivity index (χ1v) is 12.0. The van der Waals surface area contributed by atoms with Gasteiger partial charge in [-0.3, -0.25) is 9.69 Å². The van der Waals surface area contributed by atoms with Crippen LogP contribution in [-0.4, -0.2) is 47.7 Å². The molecule has 1 saturated heterocycles. The predicted octanol–water partition coefficient (Wildman–Crippen LogP) is 4.70. The normalized spacial score (nSPS) is 19.2. The largest absolute Gasteiger partial charge is 0.496 e. The molecule has 0 bridgehead atoms. The molecule has 32 heavy (non-hydrogen) atoms. The molecule has 2 atom stereocenters. The second-order valence-electron chi connectivity index (χ2n) is 9.07. The van der Waals surface area contributed by atoms with Crippen LogP contribution in [0.4, 0.5) is 5.82 Å². The number of anilines is 1. The monoisotopic (exact) mass is 437 g/mol. The third-order valence-electron chi connectivity index (χ3n) is 6.85. The number of nitrogens with one attached hydrogen (secondary N) is 1. The highest BCUT2D eigenvalue weighted by molar-refractivity contribution is 5.76. The van der Waals surface area contributed by atoms with Crippen molar-refractivity contribution in [3.05, 3.63) is 53.2 Å². The van der Waals surface area contributed by atoms with E-state index in [1.807, 2.05) is 24.3 Å². The van der Waals surface area contributed by atoms with Gasteiger partial charge >= 0.3 is 5.97 Å². The molecule has 1 aromatic carbocycles. The van der Waals surface area contributed by atoms with Gasteiger partial charge in [0, 0.05) is 24.3 Å². The zero-order chi connectivity index (χ0) is 22.3. The summed E-state index contributed by atoms with van der Waals surface area (Å²) in [6, 6.07) is 11.3. The summed E-state index contributed by atoms with van der Waals surface area (Å²) in [6.07, 6.45) is 9.12. The van der Waals surface area contributed by atoms with E-state index >= 15 is 0 Å². The fourth-order valence-electron chi connectivity index (χ4n) is 5.13. The Bertz CT molecular complexity index is 917. The average molecular weight is 438 g/mol. The number of hydrogen-bond donors (Lipinski definition) is 2. The minimum atomic E-state index is -0.804. The zero-order valence-electron chi connectivity index (χ0n) is 19.1. The van der Waals surface area contributed by atoms with E-state index in [9.17, 15) is 9.90 Å². The van der Waals surface area contributed by atoms with Crippen molar-refractivity contribution in [2.75, 3.05) is 32.1 Å². The minimum absolute atomic E-state index is 0.567. The number of carboxylic acids is 1. The van der Waals surface area contributed by atoms with Gasteiger partial charge in [-0.15, -0.1) is 0 Å². The van der Waals surface area contributed by atoms with Crippen molar-refractivity contribution < 1.29 is 14.6 Å². The van der Waals surface area contributed by atoms with E-state index in [4.69, 9.17) is 9.72 Å². The highest BCUT2D eigenvalue weighted by atomic mass is 16.5. The van der Waals surface area contributed by atoms with Gasteiger partial charge in [0.05, 0.1) is 7.11 Å². The van der Waals surface area contributed by atoms with E-state index in [1.54, 1.807) is 7.11 Å². The molecule has 0 aliphatic carbocycles. The van der Waals surface area contributed by atoms with Crippen molar-refractivity contribution in [2.45, 2.75) is 57.4 Å². The molecule has 6 heteroatoms. The van der Waals surface area contributed by atoms with Gasteiger partial charge in [-0.1, -0.05) is 37.1 Å². The number of rotatable bonds is 10. The van der Waals surface area contributed by atoms with Gasteiger partial charge in [0.25, 0.3) is 0 Å². The Hall–Kier alpha value is -2.60. The van der Waals surface area contributed by atoms with Crippen LogP contribution in [0.1, 0.15) is 61.4 Å². The standard InChI is InChI=1S/C26H35N3O3/c1-32-23-12-6-5-11-22(23)24(26(30)31)29-17-15-19(18-29)8-3-2-4-10-21-14-13-20-9-7-16-27-25(20)28-21/h5-6,11-14,19,24H,2-4,7-10,15-18H2,1H3,(H,27,28)(H,30,31)/t19-,24?/m1/s1. The summed E-state index contributed by atoms with van der Waals surface area (Å²) in [5.41, 5.74) is 3.28. The van der Waals surface area contributed by atoms with Gasteiger partial charge in [0.1, 0.15) is 17.6 Å². The maximum atomic E-state index is 12.1. The third-order valence-corrected chi connectivity index (χ3v) is 6.85. The highest BCUT2D eigenvalue weighted by Crippen LogP contribution is 2.34. The van der Waals surface area contributed by atoms with Crippen LogP contribution in [-0.2, 0) is 17.6 Å². The van der Waals surface area contributed by atoms with E-state index in [0.717, 1.165) is 63.1 Å². The number of aromatic nitrogens is 1. The number of unbranched alkanes of at least 4 members (excludes halogenated alkanes) is 2. The molecule has 1 fully saturated rings. The van der Waals surface area contributed by atoms with Crippen LogP contribution in [0, 0.1) is 5.92 Å². The molecule has 1 unspecified atom stereocenters. The Labute approximate surface area is 191 Å². The predicted molar refractivity (Wildman–Crippen MR) is 126 cm³/mol. The molecule has 2 aromatic rings. The Morgan fingerprint density at radius 2 is 2.12 bits per heavy atom. The summed E-state index contributed by atoms with van der Waals surface area (Å²) in [6.45, 7) is 2.69. The fourth-order valence-corrected chi connectivity index (χ4v) is 5.13. The number of likely N-dealkylation sites (tertiary alicyclic amines) is 1. The Morgan fingerprint density at radius 3 is 2.97 bits per heavy atom. The molecule has 2 aliphatic heterocycles. The third kappa shape index (κ3) is 5.41. The molecule has 0 radical (unpaired) electrons. The summed E-state index contributed by atoms with van der Waals surface area (Å²) in [7, 11) is 1.60. The number of benzene rings is 1.